The summed E-state index contributed by atoms with van der Waals surface area (Å²) in [6.07, 6.45) is 3.78. The highest BCUT2D eigenvalue weighted by molar-refractivity contribution is 5.72. The predicted octanol–water partition coefficient (Wildman–Crippen LogP) is 1.13. The first-order chi connectivity index (χ1) is 5.31. The van der Waals surface area contributed by atoms with E-state index in [9.17, 15) is 4.79 Å². The summed E-state index contributed by atoms with van der Waals surface area (Å²) in [6.45, 7) is 2.10. The van der Waals surface area contributed by atoms with E-state index in [4.69, 9.17) is 5.11 Å². The predicted molar refractivity (Wildman–Crippen MR) is 44.0 cm³/mol. The van der Waals surface area contributed by atoms with Crippen LogP contribution >= 0.6 is 0 Å². The summed E-state index contributed by atoms with van der Waals surface area (Å²) < 4.78 is 0. The van der Waals surface area contributed by atoms with Gasteiger partial charge in [0.15, 0.2) is 6.29 Å². The number of hydrogen-bond acceptors (Lipinski definition) is 2. The SMILES string of the molecule is CCCCC[C@@H](O)C#CC=O. The van der Waals surface area contributed by atoms with Gasteiger partial charge in [-0.2, -0.15) is 0 Å². The highest BCUT2D eigenvalue weighted by atomic mass is 16.3. The van der Waals surface area contributed by atoms with E-state index in [0.29, 0.717) is 12.7 Å². The summed E-state index contributed by atoms with van der Waals surface area (Å²) in [5.74, 6) is 4.62. The summed E-state index contributed by atoms with van der Waals surface area (Å²) in [5, 5.41) is 9.07. The Labute approximate surface area is 67.6 Å². The van der Waals surface area contributed by atoms with Gasteiger partial charge in [0.2, 0.25) is 0 Å². The molecule has 0 saturated heterocycles. The Morgan fingerprint density at radius 3 is 2.82 bits per heavy atom. The second-order valence-corrected chi connectivity index (χ2v) is 2.42. The monoisotopic (exact) mass is 154 g/mol. The topological polar surface area (TPSA) is 37.3 Å². The molecule has 0 fully saturated rings. The molecule has 0 amide bonds. The van der Waals surface area contributed by atoms with Crippen molar-refractivity contribution in [2.45, 2.75) is 38.7 Å². The van der Waals surface area contributed by atoms with Crippen molar-refractivity contribution >= 4 is 6.29 Å². The number of hydrogen-bond donors (Lipinski definition) is 1. The molecular weight excluding hydrogens is 140 g/mol. The average Bonchev–Trinajstić information content (AvgIpc) is 2.01. The van der Waals surface area contributed by atoms with E-state index in [0.717, 1.165) is 19.3 Å². The number of aliphatic hydroxyl groups is 1. The van der Waals surface area contributed by atoms with Gasteiger partial charge < -0.3 is 5.11 Å². The van der Waals surface area contributed by atoms with Crippen LogP contribution in [-0.4, -0.2) is 17.5 Å². The zero-order chi connectivity index (χ0) is 8.53. The van der Waals surface area contributed by atoms with Crippen LogP contribution in [-0.2, 0) is 4.79 Å². The van der Waals surface area contributed by atoms with E-state index in [2.05, 4.69) is 18.8 Å². The van der Waals surface area contributed by atoms with Crippen LogP contribution in [0.3, 0.4) is 0 Å². The first-order valence-electron chi connectivity index (χ1n) is 3.94. The maximum atomic E-state index is 9.75. The van der Waals surface area contributed by atoms with Crippen molar-refractivity contribution in [3.05, 3.63) is 0 Å². The molecule has 1 atom stereocenters. The molecule has 2 heteroatoms. The average molecular weight is 154 g/mol. The molecule has 0 saturated carbocycles. The lowest BCUT2D eigenvalue weighted by atomic mass is 10.1. The number of aliphatic hydroxyl groups excluding tert-OH is 1. The number of carbonyl (C=O) groups excluding carboxylic acids is 1. The van der Waals surface area contributed by atoms with Gasteiger partial charge in [0.25, 0.3) is 0 Å². The molecule has 0 spiro atoms. The van der Waals surface area contributed by atoms with Gasteiger partial charge in [0, 0.05) is 0 Å². The smallest absolute Gasteiger partial charge is 0.192 e. The number of unbranched alkanes of at least 4 members (excludes halogenated alkanes) is 2. The van der Waals surface area contributed by atoms with Gasteiger partial charge in [-0.1, -0.05) is 25.7 Å². The molecular formula is C9H14O2. The van der Waals surface area contributed by atoms with Gasteiger partial charge in [-0.05, 0) is 18.8 Å². The van der Waals surface area contributed by atoms with Crippen molar-refractivity contribution in [3.63, 3.8) is 0 Å². The van der Waals surface area contributed by atoms with E-state index in [1.165, 1.54) is 0 Å². The molecule has 0 unspecified atom stereocenters. The van der Waals surface area contributed by atoms with Crippen molar-refractivity contribution in [2.24, 2.45) is 0 Å². The van der Waals surface area contributed by atoms with Crippen LogP contribution in [0.1, 0.15) is 32.6 Å². The summed E-state index contributed by atoms with van der Waals surface area (Å²) >= 11 is 0. The second kappa shape index (κ2) is 7.30. The molecule has 1 N–H and O–H groups in total. The first kappa shape index (κ1) is 10.2. The molecule has 0 radical (unpaired) electrons. The molecule has 0 heterocycles. The Morgan fingerprint density at radius 1 is 1.55 bits per heavy atom. The minimum Gasteiger partial charge on any atom is -0.380 e. The minimum atomic E-state index is -0.619. The van der Waals surface area contributed by atoms with Gasteiger partial charge in [-0.15, -0.1) is 0 Å². The van der Waals surface area contributed by atoms with E-state index < -0.39 is 6.10 Å². The van der Waals surface area contributed by atoms with Crippen LogP contribution in [0.5, 0.6) is 0 Å². The van der Waals surface area contributed by atoms with Gasteiger partial charge in [0.1, 0.15) is 6.10 Å². The van der Waals surface area contributed by atoms with E-state index in [-0.39, 0.29) is 0 Å². The highest BCUT2D eigenvalue weighted by Gasteiger charge is 1.96. The molecule has 11 heavy (non-hydrogen) atoms. The van der Waals surface area contributed by atoms with Gasteiger partial charge in [0.05, 0.1) is 0 Å². The highest BCUT2D eigenvalue weighted by Crippen LogP contribution is 2.01. The van der Waals surface area contributed by atoms with Gasteiger partial charge in [-0.25, -0.2) is 0 Å². The normalized spacial score (nSPS) is 11.5. The number of carbonyl (C=O) groups is 1. The quantitative estimate of drug-likeness (QED) is 0.374. The summed E-state index contributed by atoms with van der Waals surface area (Å²) in [4.78, 5) is 9.75. The zero-order valence-corrected chi connectivity index (χ0v) is 6.84. The molecule has 62 valence electrons. The third kappa shape index (κ3) is 7.08. The van der Waals surface area contributed by atoms with E-state index >= 15 is 0 Å². The van der Waals surface area contributed by atoms with Crippen molar-refractivity contribution in [1.82, 2.24) is 0 Å². The maximum absolute atomic E-state index is 9.75. The lowest BCUT2D eigenvalue weighted by Gasteiger charge is -2.00. The molecule has 0 aromatic rings. The minimum absolute atomic E-state index is 0.503. The third-order valence-electron chi connectivity index (χ3n) is 1.39. The van der Waals surface area contributed by atoms with Crippen LogP contribution < -0.4 is 0 Å². The molecule has 0 aromatic heterocycles. The van der Waals surface area contributed by atoms with Crippen molar-refractivity contribution in [1.29, 1.82) is 0 Å². The maximum Gasteiger partial charge on any atom is 0.192 e. The van der Waals surface area contributed by atoms with E-state index in [1.807, 2.05) is 0 Å². The van der Waals surface area contributed by atoms with Gasteiger partial charge in [-0.3, -0.25) is 4.79 Å². The van der Waals surface area contributed by atoms with Crippen LogP contribution in [0.2, 0.25) is 0 Å². The summed E-state index contributed by atoms with van der Waals surface area (Å²) in [6, 6.07) is 0. The molecule has 0 aliphatic carbocycles. The Morgan fingerprint density at radius 2 is 2.27 bits per heavy atom. The largest absolute Gasteiger partial charge is 0.380 e. The van der Waals surface area contributed by atoms with E-state index in [1.54, 1.807) is 0 Å². The molecule has 0 bridgehead atoms. The Kier molecular flexibility index (Phi) is 6.76. The Bertz CT molecular complexity index is 153. The molecule has 0 aromatic carbocycles. The van der Waals surface area contributed by atoms with Crippen LogP contribution in [0.15, 0.2) is 0 Å². The molecule has 0 rings (SSSR count). The van der Waals surface area contributed by atoms with Gasteiger partial charge >= 0.3 is 0 Å². The van der Waals surface area contributed by atoms with Crippen molar-refractivity contribution < 1.29 is 9.90 Å². The fourth-order valence-electron chi connectivity index (χ4n) is 0.790. The Balaban J connectivity index is 3.36. The van der Waals surface area contributed by atoms with Crippen LogP contribution in [0, 0.1) is 11.8 Å². The first-order valence-corrected chi connectivity index (χ1v) is 3.94. The fourth-order valence-corrected chi connectivity index (χ4v) is 0.790. The Hall–Kier alpha value is -0.810. The number of aldehydes is 1. The summed E-state index contributed by atoms with van der Waals surface area (Å²) in [7, 11) is 0. The van der Waals surface area contributed by atoms with Crippen LogP contribution in [0.4, 0.5) is 0 Å². The molecule has 2 nitrogen and oxygen atoms in total. The van der Waals surface area contributed by atoms with Crippen LogP contribution in [0.25, 0.3) is 0 Å². The summed E-state index contributed by atoms with van der Waals surface area (Å²) in [5.41, 5.74) is 0. The second-order valence-electron chi connectivity index (χ2n) is 2.42. The standard InChI is InChI=1S/C9H14O2/c1-2-3-4-6-9(11)7-5-8-10/h8-9,11H,2-4,6H2,1H3/t9-/m1/s1. The van der Waals surface area contributed by atoms with Crippen molar-refractivity contribution in [3.8, 4) is 11.8 Å². The third-order valence-corrected chi connectivity index (χ3v) is 1.39. The number of rotatable bonds is 4. The lowest BCUT2D eigenvalue weighted by Crippen LogP contribution is -2.01. The molecule has 0 aliphatic heterocycles. The lowest BCUT2D eigenvalue weighted by molar-refractivity contribution is -0.103. The molecule has 0 aliphatic rings. The fraction of sp³-hybridized carbons (Fsp3) is 0.667. The van der Waals surface area contributed by atoms with Crippen molar-refractivity contribution in [2.75, 3.05) is 0 Å². The zero-order valence-electron chi connectivity index (χ0n) is 6.84.